The van der Waals surface area contributed by atoms with Crippen molar-refractivity contribution in [2.75, 3.05) is 26.4 Å². The summed E-state index contributed by atoms with van der Waals surface area (Å²) in [5.74, 6) is -0.163. The van der Waals surface area contributed by atoms with Gasteiger partial charge in [0.25, 0.3) is 0 Å². The van der Waals surface area contributed by atoms with Crippen molar-refractivity contribution >= 4 is 13.7 Å². The van der Waals surface area contributed by atoms with Crippen LogP contribution >= 0.6 is 7.82 Å². The smallest absolute Gasteiger partial charge is 0.394 e. The molecule has 9 heteroatoms. The lowest BCUT2D eigenvalue weighted by Gasteiger charge is -2.14. The summed E-state index contributed by atoms with van der Waals surface area (Å²) in [6, 6.07) is 0. The molecule has 0 heterocycles. The molecule has 0 aliphatic heterocycles. The molecular formula is C25H44NO7P. The number of carbonyl (C=O) groups is 1. The Balaban J connectivity index is 3.63. The van der Waals surface area contributed by atoms with E-state index in [9.17, 15) is 14.3 Å². The first-order valence-corrected chi connectivity index (χ1v) is 13.7. The van der Waals surface area contributed by atoms with Crippen molar-refractivity contribution in [3.05, 3.63) is 48.6 Å². The Morgan fingerprint density at radius 2 is 1.47 bits per heavy atom. The summed E-state index contributed by atoms with van der Waals surface area (Å²) in [5.41, 5.74) is 0. The van der Waals surface area contributed by atoms with Crippen LogP contribution in [0.15, 0.2) is 48.6 Å². The molecule has 1 amide bonds. The van der Waals surface area contributed by atoms with E-state index in [1.54, 1.807) is 0 Å². The molecule has 0 aliphatic carbocycles. The number of nitrogens with one attached hydrogen (secondary N) is 1. The van der Waals surface area contributed by atoms with Gasteiger partial charge in [-0.25, -0.2) is 4.57 Å². The van der Waals surface area contributed by atoms with Crippen LogP contribution in [0.4, 0.5) is 0 Å². The van der Waals surface area contributed by atoms with Gasteiger partial charge >= 0.3 is 7.82 Å². The molecule has 0 rings (SSSR count). The van der Waals surface area contributed by atoms with Crippen molar-refractivity contribution in [1.29, 1.82) is 0 Å². The van der Waals surface area contributed by atoms with Gasteiger partial charge in [-0.2, -0.15) is 0 Å². The molecule has 0 aromatic rings. The number of hydrogen-bond acceptors (Lipinski definition) is 6. The van der Waals surface area contributed by atoms with E-state index >= 15 is 0 Å². The Labute approximate surface area is 205 Å². The van der Waals surface area contributed by atoms with Gasteiger partial charge in [0.1, 0.15) is 6.10 Å². The number of rotatable bonds is 22. The number of allylic oxidation sites excluding steroid dienone is 8. The van der Waals surface area contributed by atoms with Crippen molar-refractivity contribution < 1.29 is 33.5 Å². The van der Waals surface area contributed by atoms with Gasteiger partial charge in [-0.15, -0.1) is 0 Å². The first kappa shape index (κ1) is 32.5. The van der Waals surface area contributed by atoms with E-state index in [1.165, 1.54) is 25.7 Å². The van der Waals surface area contributed by atoms with Gasteiger partial charge in [0.15, 0.2) is 0 Å². The minimum Gasteiger partial charge on any atom is -0.394 e. The van der Waals surface area contributed by atoms with Gasteiger partial charge in [-0.1, -0.05) is 68.4 Å². The Hall–Kier alpha value is -1.54. The lowest BCUT2D eigenvalue weighted by atomic mass is 10.2. The van der Waals surface area contributed by atoms with Crippen LogP contribution in [0.5, 0.6) is 0 Å². The molecule has 196 valence electrons. The number of hydrogen-bond donors (Lipinski definition) is 4. The average Bonchev–Trinajstić information content (AvgIpc) is 2.82. The third-order valence-corrected chi connectivity index (χ3v) is 5.54. The lowest BCUT2D eigenvalue weighted by Crippen LogP contribution is -2.27. The topological polar surface area (TPSA) is 125 Å². The molecule has 34 heavy (non-hydrogen) atoms. The molecule has 0 fully saturated rings. The summed E-state index contributed by atoms with van der Waals surface area (Å²) >= 11 is 0. The summed E-state index contributed by atoms with van der Waals surface area (Å²) in [4.78, 5) is 21.1. The number of amides is 1. The predicted octanol–water partition coefficient (Wildman–Crippen LogP) is 4.74. The first-order chi connectivity index (χ1) is 16.4. The van der Waals surface area contributed by atoms with Crippen LogP contribution in [0.25, 0.3) is 0 Å². The minimum absolute atomic E-state index is 0.0691. The van der Waals surface area contributed by atoms with Crippen molar-refractivity contribution in [3.63, 3.8) is 0 Å². The molecule has 0 saturated heterocycles. The van der Waals surface area contributed by atoms with Crippen LogP contribution < -0.4 is 5.32 Å². The molecule has 0 spiro atoms. The Morgan fingerprint density at radius 3 is 2.03 bits per heavy atom. The van der Waals surface area contributed by atoms with Crippen LogP contribution in [0, 0.1) is 0 Å². The first-order valence-electron chi connectivity index (χ1n) is 12.2. The fourth-order valence-electron chi connectivity index (χ4n) is 2.65. The number of aliphatic hydroxyl groups excluding tert-OH is 2. The highest BCUT2D eigenvalue weighted by Gasteiger charge is 2.22. The van der Waals surface area contributed by atoms with Gasteiger partial charge < -0.3 is 20.4 Å². The van der Waals surface area contributed by atoms with Crippen LogP contribution in [-0.2, 0) is 18.4 Å². The Bertz CT molecular complexity index is 662. The fraction of sp³-hybridized carbons (Fsp3) is 0.640. The largest absolute Gasteiger partial charge is 0.472 e. The SMILES string of the molecule is CCCCC/C=C\C/C=C\C/C=C\C/C=C\CCCC(=O)NCCOP(=O)(O)OCC(O)CO. The summed E-state index contributed by atoms with van der Waals surface area (Å²) in [6.45, 7) is 0.979. The van der Waals surface area contributed by atoms with E-state index in [0.717, 1.165) is 25.7 Å². The second-order valence-corrected chi connectivity index (χ2v) is 9.22. The summed E-state index contributed by atoms with van der Waals surface area (Å²) in [6.07, 6.45) is 25.7. The van der Waals surface area contributed by atoms with Gasteiger partial charge in [-0.3, -0.25) is 13.8 Å². The molecule has 4 N–H and O–H groups in total. The van der Waals surface area contributed by atoms with E-state index in [1.807, 2.05) is 0 Å². The van der Waals surface area contributed by atoms with E-state index < -0.39 is 27.1 Å². The van der Waals surface area contributed by atoms with Crippen molar-refractivity contribution in [3.8, 4) is 0 Å². The van der Waals surface area contributed by atoms with Crippen molar-refractivity contribution in [2.24, 2.45) is 0 Å². The standard InChI is InChI=1S/C25H44NO7P/c1-2-3-4-5-6-7-8-9-10-11-12-13-14-15-16-17-18-19-25(29)26-20-21-32-34(30,31)33-23-24(28)22-27/h6-7,9-10,12-13,15-16,24,27-28H,2-5,8,11,14,17-23H2,1H3,(H,26,29)(H,30,31)/b7-6-,10-9-,13-12-,16-15-. The number of phosphoric acid groups is 1. The highest BCUT2D eigenvalue weighted by Crippen LogP contribution is 2.42. The van der Waals surface area contributed by atoms with E-state index in [0.29, 0.717) is 12.8 Å². The number of phosphoric ester groups is 1. The van der Waals surface area contributed by atoms with Crippen LogP contribution in [-0.4, -0.2) is 53.5 Å². The molecule has 2 unspecified atom stereocenters. The van der Waals surface area contributed by atoms with E-state index in [4.69, 9.17) is 10.2 Å². The average molecular weight is 502 g/mol. The Morgan fingerprint density at radius 1 is 0.912 bits per heavy atom. The number of carbonyl (C=O) groups excluding carboxylic acids is 1. The lowest BCUT2D eigenvalue weighted by molar-refractivity contribution is -0.121. The zero-order chi connectivity index (χ0) is 25.3. The maximum Gasteiger partial charge on any atom is 0.472 e. The molecule has 0 aromatic heterocycles. The quantitative estimate of drug-likeness (QED) is 0.0959. The molecule has 0 aliphatic rings. The zero-order valence-electron chi connectivity index (χ0n) is 20.5. The van der Waals surface area contributed by atoms with E-state index in [-0.39, 0.29) is 19.1 Å². The molecule has 0 aromatic carbocycles. The summed E-state index contributed by atoms with van der Waals surface area (Å²) < 4.78 is 20.7. The second-order valence-electron chi connectivity index (χ2n) is 7.76. The van der Waals surface area contributed by atoms with Crippen molar-refractivity contribution in [1.82, 2.24) is 5.32 Å². The monoisotopic (exact) mass is 501 g/mol. The molecule has 2 atom stereocenters. The highest BCUT2D eigenvalue weighted by atomic mass is 31.2. The fourth-order valence-corrected chi connectivity index (χ4v) is 3.41. The second kappa shape index (κ2) is 23.2. The van der Waals surface area contributed by atoms with Gasteiger partial charge in [0.05, 0.1) is 19.8 Å². The zero-order valence-corrected chi connectivity index (χ0v) is 21.4. The Kier molecular flexibility index (Phi) is 22.2. The molecule has 0 bridgehead atoms. The molecule has 8 nitrogen and oxygen atoms in total. The third kappa shape index (κ3) is 23.6. The molecule has 0 saturated carbocycles. The summed E-state index contributed by atoms with van der Waals surface area (Å²) in [5, 5.41) is 20.3. The van der Waals surface area contributed by atoms with Crippen LogP contribution in [0.2, 0.25) is 0 Å². The van der Waals surface area contributed by atoms with Gasteiger partial charge in [0.2, 0.25) is 5.91 Å². The predicted molar refractivity (Wildman–Crippen MR) is 136 cm³/mol. The maximum atomic E-state index is 11.7. The van der Waals surface area contributed by atoms with Crippen molar-refractivity contribution in [2.45, 2.75) is 77.2 Å². The van der Waals surface area contributed by atoms with Gasteiger partial charge in [0, 0.05) is 13.0 Å². The van der Waals surface area contributed by atoms with Crippen LogP contribution in [0.3, 0.4) is 0 Å². The minimum atomic E-state index is -4.32. The maximum absolute atomic E-state index is 11.7. The number of aliphatic hydroxyl groups is 2. The van der Waals surface area contributed by atoms with Crippen LogP contribution in [0.1, 0.15) is 71.1 Å². The molecular weight excluding hydrogens is 457 g/mol. The highest BCUT2D eigenvalue weighted by molar-refractivity contribution is 7.47. The van der Waals surface area contributed by atoms with E-state index in [2.05, 4.69) is 69.9 Å². The summed E-state index contributed by atoms with van der Waals surface area (Å²) in [7, 11) is -4.32. The third-order valence-electron chi connectivity index (χ3n) is 4.55. The number of unbranched alkanes of at least 4 members (excludes halogenated alkanes) is 4. The molecule has 0 radical (unpaired) electrons. The normalized spacial score (nSPS) is 15.1. The van der Waals surface area contributed by atoms with Gasteiger partial charge in [-0.05, 0) is 44.9 Å².